The largest absolute Gasteiger partial charge is 0.326 e. The van der Waals surface area contributed by atoms with Crippen molar-refractivity contribution in [3.63, 3.8) is 0 Å². The van der Waals surface area contributed by atoms with E-state index in [4.69, 9.17) is 0 Å². The highest BCUT2D eigenvalue weighted by atomic mass is 16.2. The number of nitrogens with one attached hydrogen (secondary N) is 3. The maximum atomic E-state index is 12.3. The van der Waals surface area contributed by atoms with Gasteiger partial charge in [-0.25, -0.2) is 0 Å². The van der Waals surface area contributed by atoms with Crippen molar-refractivity contribution in [2.45, 2.75) is 32.7 Å². The Morgan fingerprint density at radius 3 is 2.60 bits per heavy atom. The molecule has 5 nitrogen and oxygen atoms in total. The first-order valence-electron chi connectivity index (χ1n) is 6.98. The SMILES string of the molecule is CC(=O)Nc1cccc(NC(=O)C2NCCCC2C)c1. The minimum Gasteiger partial charge on any atom is -0.326 e. The quantitative estimate of drug-likeness (QED) is 0.790. The topological polar surface area (TPSA) is 70.2 Å². The molecule has 0 aromatic heterocycles. The third-order valence-electron chi connectivity index (χ3n) is 3.50. The van der Waals surface area contributed by atoms with Crippen molar-refractivity contribution in [2.75, 3.05) is 17.2 Å². The molecule has 0 bridgehead atoms. The monoisotopic (exact) mass is 275 g/mol. The summed E-state index contributed by atoms with van der Waals surface area (Å²) in [5.41, 5.74) is 1.38. The molecule has 1 aromatic carbocycles. The van der Waals surface area contributed by atoms with Crippen molar-refractivity contribution in [2.24, 2.45) is 5.92 Å². The lowest BCUT2D eigenvalue weighted by Crippen LogP contribution is -2.48. The van der Waals surface area contributed by atoms with Gasteiger partial charge in [0.2, 0.25) is 11.8 Å². The molecule has 1 aliphatic rings. The minimum atomic E-state index is -0.145. The van der Waals surface area contributed by atoms with E-state index in [-0.39, 0.29) is 17.9 Å². The van der Waals surface area contributed by atoms with Crippen LogP contribution in [0.2, 0.25) is 0 Å². The molecule has 0 spiro atoms. The van der Waals surface area contributed by atoms with Gasteiger partial charge in [-0.1, -0.05) is 13.0 Å². The van der Waals surface area contributed by atoms with Gasteiger partial charge in [0.05, 0.1) is 6.04 Å². The Bertz CT molecular complexity index is 502. The number of rotatable bonds is 3. The Morgan fingerprint density at radius 2 is 1.95 bits per heavy atom. The second-order valence-electron chi connectivity index (χ2n) is 5.30. The molecule has 1 fully saturated rings. The molecule has 2 unspecified atom stereocenters. The minimum absolute atomic E-state index is 0.0165. The van der Waals surface area contributed by atoms with Crippen LogP contribution < -0.4 is 16.0 Å². The summed E-state index contributed by atoms with van der Waals surface area (Å²) in [5.74, 6) is 0.190. The molecule has 20 heavy (non-hydrogen) atoms. The molecule has 108 valence electrons. The lowest BCUT2D eigenvalue weighted by atomic mass is 9.92. The summed E-state index contributed by atoms with van der Waals surface area (Å²) in [6, 6.07) is 7.02. The average molecular weight is 275 g/mol. The maximum Gasteiger partial charge on any atom is 0.241 e. The van der Waals surface area contributed by atoms with Crippen molar-refractivity contribution in [1.29, 1.82) is 0 Å². The Balaban J connectivity index is 2.01. The van der Waals surface area contributed by atoms with Crippen molar-refractivity contribution in [1.82, 2.24) is 5.32 Å². The molecule has 2 amide bonds. The van der Waals surface area contributed by atoms with E-state index in [1.165, 1.54) is 6.92 Å². The highest BCUT2D eigenvalue weighted by Gasteiger charge is 2.27. The molecule has 0 aliphatic carbocycles. The van der Waals surface area contributed by atoms with Crippen LogP contribution in [0.4, 0.5) is 11.4 Å². The van der Waals surface area contributed by atoms with E-state index in [1.807, 2.05) is 6.07 Å². The van der Waals surface area contributed by atoms with Crippen LogP contribution in [0.15, 0.2) is 24.3 Å². The molecule has 5 heteroatoms. The molecule has 1 aromatic rings. The summed E-state index contributed by atoms with van der Waals surface area (Å²) in [6.07, 6.45) is 2.18. The first-order chi connectivity index (χ1) is 9.56. The van der Waals surface area contributed by atoms with E-state index in [2.05, 4.69) is 22.9 Å². The first kappa shape index (κ1) is 14.5. The molecule has 1 aliphatic heterocycles. The normalized spacial score (nSPS) is 22.1. The molecule has 2 rings (SSSR count). The zero-order valence-electron chi connectivity index (χ0n) is 11.9. The number of anilines is 2. The lowest BCUT2D eigenvalue weighted by molar-refractivity contribution is -0.119. The van der Waals surface area contributed by atoms with Crippen molar-refractivity contribution in [3.05, 3.63) is 24.3 Å². The van der Waals surface area contributed by atoms with E-state index >= 15 is 0 Å². The number of carbonyl (C=O) groups is 2. The fourth-order valence-electron chi connectivity index (χ4n) is 2.50. The van der Waals surface area contributed by atoms with Crippen LogP contribution in [0.5, 0.6) is 0 Å². The molecular formula is C15H21N3O2. The van der Waals surface area contributed by atoms with Gasteiger partial charge in [0.1, 0.15) is 0 Å². The third-order valence-corrected chi connectivity index (χ3v) is 3.50. The molecule has 1 saturated heterocycles. The predicted octanol–water partition coefficient (Wildman–Crippen LogP) is 1.97. The molecular weight excluding hydrogens is 254 g/mol. The van der Waals surface area contributed by atoms with Gasteiger partial charge in [-0.3, -0.25) is 9.59 Å². The number of carbonyl (C=O) groups excluding carboxylic acids is 2. The van der Waals surface area contributed by atoms with Crippen molar-refractivity contribution in [3.8, 4) is 0 Å². The Morgan fingerprint density at radius 1 is 1.25 bits per heavy atom. The fraction of sp³-hybridized carbons (Fsp3) is 0.467. The highest BCUT2D eigenvalue weighted by molar-refractivity contribution is 5.96. The standard InChI is InChI=1S/C15H21N3O2/c1-10-5-4-8-16-14(10)15(20)18-13-7-3-6-12(9-13)17-11(2)19/h3,6-7,9-10,14,16H,4-5,8H2,1-2H3,(H,17,19)(H,18,20). The molecule has 0 saturated carbocycles. The van der Waals surface area contributed by atoms with Gasteiger partial charge in [0, 0.05) is 18.3 Å². The Kier molecular flexibility index (Phi) is 4.74. The smallest absolute Gasteiger partial charge is 0.241 e. The number of amides is 2. The van der Waals surface area contributed by atoms with Crippen molar-refractivity contribution < 1.29 is 9.59 Å². The van der Waals surface area contributed by atoms with Crippen LogP contribution in [0.25, 0.3) is 0 Å². The molecule has 3 N–H and O–H groups in total. The Hall–Kier alpha value is -1.88. The summed E-state index contributed by atoms with van der Waals surface area (Å²) in [5, 5.41) is 8.86. The van der Waals surface area contributed by atoms with Crippen LogP contribution in [0.1, 0.15) is 26.7 Å². The second kappa shape index (κ2) is 6.52. The maximum absolute atomic E-state index is 12.3. The van der Waals surface area contributed by atoms with Crippen molar-refractivity contribution >= 4 is 23.2 Å². The summed E-state index contributed by atoms with van der Waals surface area (Å²) in [7, 11) is 0. The molecule has 1 heterocycles. The summed E-state index contributed by atoms with van der Waals surface area (Å²) >= 11 is 0. The van der Waals surface area contributed by atoms with Gasteiger partial charge >= 0.3 is 0 Å². The van der Waals surface area contributed by atoms with Crippen LogP contribution in [0, 0.1) is 5.92 Å². The number of piperidine rings is 1. The van der Waals surface area contributed by atoms with E-state index in [9.17, 15) is 9.59 Å². The van der Waals surface area contributed by atoms with E-state index < -0.39 is 0 Å². The van der Waals surface area contributed by atoms with Crippen LogP contribution in [0.3, 0.4) is 0 Å². The van der Waals surface area contributed by atoms with E-state index in [0.29, 0.717) is 17.3 Å². The Labute approximate surface area is 119 Å². The summed E-state index contributed by atoms with van der Waals surface area (Å²) < 4.78 is 0. The number of hydrogen-bond donors (Lipinski definition) is 3. The van der Waals surface area contributed by atoms with Crippen LogP contribution in [-0.2, 0) is 9.59 Å². The fourth-order valence-corrected chi connectivity index (χ4v) is 2.50. The summed E-state index contributed by atoms with van der Waals surface area (Å²) in [6.45, 7) is 4.43. The number of benzene rings is 1. The van der Waals surface area contributed by atoms with E-state index in [1.54, 1.807) is 18.2 Å². The van der Waals surface area contributed by atoms with Gasteiger partial charge in [0.25, 0.3) is 0 Å². The third kappa shape index (κ3) is 3.81. The van der Waals surface area contributed by atoms with Gasteiger partial charge in [-0.2, -0.15) is 0 Å². The highest BCUT2D eigenvalue weighted by Crippen LogP contribution is 2.19. The van der Waals surface area contributed by atoms with Gasteiger partial charge in [-0.05, 0) is 43.5 Å². The zero-order valence-corrected chi connectivity index (χ0v) is 11.9. The summed E-state index contributed by atoms with van der Waals surface area (Å²) in [4.78, 5) is 23.3. The first-order valence-corrected chi connectivity index (χ1v) is 6.98. The predicted molar refractivity (Wildman–Crippen MR) is 79.6 cm³/mol. The average Bonchev–Trinajstić information content (AvgIpc) is 2.38. The van der Waals surface area contributed by atoms with Crippen LogP contribution >= 0.6 is 0 Å². The second-order valence-corrected chi connectivity index (χ2v) is 5.30. The van der Waals surface area contributed by atoms with E-state index in [0.717, 1.165) is 19.4 Å². The van der Waals surface area contributed by atoms with Gasteiger partial charge in [0.15, 0.2) is 0 Å². The molecule has 0 radical (unpaired) electrons. The molecule has 2 atom stereocenters. The van der Waals surface area contributed by atoms with Gasteiger partial charge < -0.3 is 16.0 Å². The lowest BCUT2D eigenvalue weighted by Gasteiger charge is -2.28. The van der Waals surface area contributed by atoms with Gasteiger partial charge in [-0.15, -0.1) is 0 Å². The van der Waals surface area contributed by atoms with Crippen LogP contribution in [-0.4, -0.2) is 24.4 Å². The number of hydrogen-bond acceptors (Lipinski definition) is 3. The zero-order chi connectivity index (χ0) is 14.5.